The Bertz CT molecular complexity index is 2020. The molecule has 2 amide bonds. The van der Waals surface area contributed by atoms with Crippen LogP contribution >= 0.6 is 0 Å². The van der Waals surface area contributed by atoms with Crippen molar-refractivity contribution in [3.63, 3.8) is 0 Å². The lowest BCUT2D eigenvalue weighted by Gasteiger charge is -2.37. The highest BCUT2D eigenvalue weighted by atomic mass is 32.2. The Morgan fingerprint density at radius 1 is 0.729 bits per heavy atom. The van der Waals surface area contributed by atoms with E-state index in [1.165, 1.54) is 12.1 Å². The third-order valence-corrected chi connectivity index (χ3v) is 10.3. The van der Waals surface area contributed by atoms with Gasteiger partial charge in [0.05, 0.1) is 9.80 Å². The lowest BCUT2D eigenvalue weighted by Crippen LogP contribution is -2.48. The third-order valence-electron chi connectivity index (χ3n) is 8.41. The fourth-order valence-corrected chi connectivity index (χ4v) is 7.54. The van der Waals surface area contributed by atoms with Crippen molar-refractivity contribution in [2.45, 2.75) is 29.3 Å². The van der Waals surface area contributed by atoms with E-state index in [0.717, 1.165) is 27.5 Å². The molecule has 0 aromatic heterocycles. The molecule has 242 valence electrons. The molecule has 48 heavy (non-hydrogen) atoms. The summed E-state index contributed by atoms with van der Waals surface area (Å²) >= 11 is 0. The molecule has 5 aromatic rings. The molecule has 0 aliphatic carbocycles. The molecule has 0 saturated heterocycles. The van der Waals surface area contributed by atoms with E-state index < -0.39 is 46.0 Å². The molecule has 1 atom stereocenters. The number of aliphatic carboxylic acids is 1. The summed E-state index contributed by atoms with van der Waals surface area (Å²) in [6.07, 6.45) is -0.138. The number of carboxylic acid groups (broad SMARTS) is 1. The van der Waals surface area contributed by atoms with Crippen molar-refractivity contribution in [1.29, 1.82) is 0 Å². The van der Waals surface area contributed by atoms with Crippen LogP contribution in [0.1, 0.15) is 35.1 Å². The second-order valence-electron chi connectivity index (χ2n) is 11.4. The monoisotopic (exact) mass is 660 g/mol. The van der Waals surface area contributed by atoms with Crippen LogP contribution in [0.2, 0.25) is 0 Å². The maximum absolute atomic E-state index is 13.6. The number of nitrogens with one attached hydrogen (secondary N) is 2. The topological polar surface area (TPSA) is 139 Å². The summed E-state index contributed by atoms with van der Waals surface area (Å²) in [5.41, 5.74) is 1.84. The number of hydrogen-bond acceptors (Lipinski definition) is 6. The maximum Gasteiger partial charge on any atom is 0.408 e. The molecular formula is C38H32N2O7S. The Balaban J connectivity index is 1.15. The molecule has 0 bridgehead atoms. The van der Waals surface area contributed by atoms with Crippen LogP contribution in [-0.4, -0.2) is 44.1 Å². The van der Waals surface area contributed by atoms with Crippen LogP contribution in [0.15, 0.2) is 137 Å². The minimum absolute atomic E-state index is 0.116. The van der Waals surface area contributed by atoms with Crippen LogP contribution in [0.25, 0.3) is 16.8 Å². The van der Waals surface area contributed by atoms with Crippen molar-refractivity contribution >= 4 is 44.7 Å². The number of fused-ring (bicyclic) bond motifs is 3. The van der Waals surface area contributed by atoms with Crippen LogP contribution < -0.4 is 10.6 Å². The van der Waals surface area contributed by atoms with E-state index in [-0.39, 0.29) is 22.6 Å². The van der Waals surface area contributed by atoms with Crippen molar-refractivity contribution in [3.8, 4) is 0 Å². The summed E-state index contributed by atoms with van der Waals surface area (Å²) in [6.45, 7) is -0.586. The van der Waals surface area contributed by atoms with Gasteiger partial charge in [-0.3, -0.25) is 4.79 Å². The highest BCUT2D eigenvalue weighted by molar-refractivity contribution is 7.95. The lowest BCUT2D eigenvalue weighted by molar-refractivity contribution is -0.139. The normalized spacial score (nSPS) is 14.0. The molecule has 9 nitrogen and oxygen atoms in total. The van der Waals surface area contributed by atoms with Gasteiger partial charge in [-0.2, -0.15) is 0 Å². The predicted molar refractivity (Wildman–Crippen MR) is 182 cm³/mol. The zero-order valence-corrected chi connectivity index (χ0v) is 26.5. The predicted octanol–water partition coefficient (Wildman–Crippen LogP) is 6.04. The molecule has 6 rings (SSSR count). The second-order valence-corrected chi connectivity index (χ2v) is 13.3. The van der Waals surface area contributed by atoms with Gasteiger partial charge in [0, 0.05) is 12.0 Å². The number of hydrogen-bond donors (Lipinski definition) is 3. The molecule has 0 saturated carbocycles. The van der Waals surface area contributed by atoms with Crippen molar-refractivity contribution in [2.75, 3.05) is 6.61 Å². The van der Waals surface area contributed by atoms with Crippen LogP contribution in [0, 0.1) is 0 Å². The highest BCUT2D eigenvalue weighted by Gasteiger charge is 2.38. The van der Waals surface area contributed by atoms with Crippen LogP contribution in [-0.2, 0) is 29.7 Å². The van der Waals surface area contributed by atoms with E-state index in [1.807, 2.05) is 115 Å². The lowest BCUT2D eigenvalue weighted by atomic mass is 9.77. The first kappa shape index (κ1) is 32.2. The smallest absolute Gasteiger partial charge is 0.408 e. The Morgan fingerprint density at radius 3 is 1.83 bits per heavy atom. The van der Waals surface area contributed by atoms with Gasteiger partial charge in [0.15, 0.2) is 0 Å². The van der Waals surface area contributed by atoms with Gasteiger partial charge in [-0.15, -0.1) is 0 Å². The minimum Gasteiger partial charge on any atom is -0.480 e. The van der Waals surface area contributed by atoms with Crippen molar-refractivity contribution in [1.82, 2.24) is 10.6 Å². The molecule has 5 aromatic carbocycles. The fourth-order valence-electron chi connectivity index (χ4n) is 6.06. The van der Waals surface area contributed by atoms with Gasteiger partial charge < -0.3 is 20.5 Å². The zero-order valence-electron chi connectivity index (χ0n) is 25.7. The first-order valence-electron chi connectivity index (χ1n) is 15.3. The summed E-state index contributed by atoms with van der Waals surface area (Å²) in [4.78, 5) is 38.5. The summed E-state index contributed by atoms with van der Waals surface area (Å²) in [6, 6.07) is 37.5. The van der Waals surface area contributed by atoms with Crippen molar-refractivity contribution in [2.24, 2.45) is 0 Å². The molecule has 1 aliphatic heterocycles. The highest BCUT2D eigenvalue weighted by Crippen LogP contribution is 2.38. The average molecular weight is 661 g/mol. The fraction of sp³-hybridized carbons (Fsp3) is 0.132. The van der Waals surface area contributed by atoms with E-state index in [4.69, 9.17) is 4.74 Å². The van der Waals surface area contributed by atoms with Crippen LogP contribution in [0.3, 0.4) is 0 Å². The van der Waals surface area contributed by atoms with Crippen LogP contribution in [0.5, 0.6) is 0 Å². The molecule has 0 spiro atoms. The van der Waals surface area contributed by atoms with E-state index in [1.54, 1.807) is 6.07 Å². The molecule has 0 fully saturated rings. The van der Waals surface area contributed by atoms with E-state index >= 15 is 0 Å². The molecule has 0 radical (unpaired) electrons. The largest absolute Gasteiger partial charge is 0.480 e. The Kier molecular flexibility index (Phi) is 9.09. The summed E-state index contributed by atoms with van der Waals surface area (Å²) in [5.74, 6) is -1.81. The number of rotatable bonds is 11. The molecular weight excluding hydrogens is 628 g/mol. The Hall–Kier alpha value is -5.74. The summed E-state index contributed by atoms with van der Waals surface area (Å²) in [7, 11) is -3.90. The van der Waals surface area contributed by atoms with Gasteiger partial charge in [-0.1, -0.05) is 121 Å². The van der Waals surface area contributed by atoms with Gasteiger partial charge in [0.2, 0.25) is 15.7 Å². The van der Waals surface area contributed by atoms with Gasteiger partial charge in [-0.05, 0) is 46.0 Å². The number of carbonyl (C=O) groups excluding carboxylic acids is 2. The average Bonchev–Trinajstić information content (AvgIpc) is 3.38. The van der Waals surface area contributed by atoms with Crippen molar-refractivity contribution < 1.29 is 32.6 Å². The minimum atomic E-state index is -3.90. The second kappa shape index (κ2) is 13.5. The number of alkyl carbamates (subject to hydrolysis) is 1. The standard InChI is InChI=1S/C38H32N2O7S/c41-35(40-38(27-13-4-1-5-14-27,28-15-6-2-7-16-28)29-17-8-3-9-18-29)23-21-33(36(42)43)39-37(44)47-25-30-24-32-31-19-11-10-12-26(31)20-22-34(32)48(30,45)46/h1-20,22,24,33H,21,23,25H2,(H,39,44)(H,40,41)(H,42,43)/t33-/m0/s1. The SMILES string of the molecule is O=C(CC[C@H](NC(=O)OCC1=Cc2c(ccc3ccccc23)S1(=O)=O)C(=O)O)NC(c1ccccc1)(c1ccccc1)c1ccccc1. The van der Waals surface area contributed by atoms with E-state index in [9.17, 15) is 27.9 Å². The first-order valence-corrected chi connectivity index (χ1v) is 16.8. The number of ether oxygens (including phenoxy) is 1. The van der Waals surface area contributed by atoms with Crippen LogP contribution in [0.4, 0.5) is 4.79 Å². The summed E-state index contributed by atoms with van der Waals surface area (Å²) < 4.78 is 31.5. The number of benzene rings is 5. The van der Waals surface area contributed by atoms with Gasteiger partial charge >= 0.3 is 12.1 Å². The summed E-state index contributed by atoms with van der Waals surface area (Å²) in [5, 5.41) is 16.9. The third kappa shape index (κ3) is 6.30. The Morgan fingerprint density at radius 2 is 1.27 bits per heavy atom. The number of carboxylic acids is 1. The maximum atomic E-state index is 13.6. The first-order chi connectivity index (χ1) is 23.2. The van der Waals surface area contributed by atoms with Gasteiger partial charge in [0.25, 0.3) is 0 Å². The molecule has 1 heterocycles. The molecule has 3 N–H and O–H groups in total. The zero-order chi connectivity index (χ0) is 33.7. The van der Waals surface area contributed by atoms with Gasteiger partial charge in [0.1, 0.15) is 18.2 Å². The molecule has 1 aliphatic rings. The molecule has 0 unspecified atom stereocenters. The number of amides is 2. The van der Waals surface area contributed by atoms with E-state index in [2.05, 4.69) is 10.6 Å². The quantitative estimate of drug-likeness (QED) is 0.147. The van der Waals surface area contributed by atoms with Gasteiger partial charge in [-0.25, -0.2) is 18.0 Å². The molecule has 10 heteroatoms. The van der Waals surface area contributed by atoms with E-state index in [0.29, 0.717) is 5.56 Å². The Labute approximate surface area is 277 Å². The van der Waals surface area contributed by atoms with Crippen molar-refractivity contribution in [3.05, 3.63) is 155 Å². The number of sulfone groups is 1. The number of carbonyl (C=O) groups is 3.